The van der Waals surface area contributed by atoms with Gasteiger partial charge in [0.05, 0.1) is 0 Å². The van der Waals surface area contributed by atoms with Gasteiger partial charge in [0.2, 0.25) is 0 Å². The molecule has 0 atom stereocenters. The van der Waals surface area contributed by atoms with Gasteiger partial charge in [-0.3, -0.25) is 4.98 Å². The van der Waals surface area contributed by atoms with Gasteiger partial charge in [-0.05, 0) is 18.6 Å². The average molecular weight is 253 g/mol. The SMILES string of the molecule is Cc1cnccc1N(CCCl)CC(F)(F)F. The Bertz CT molecular complexity index is 341. The topological polar surface area (TPSA) is 16.1 Å². The van der Waals surface area contributed by atoms with Gasteiger partial charge in [0.25, 0.3) is 0 Å². The molecule has 0 spiro atoms. The lowest BCUT2D eigenvalue weighted by molar-refractivity contribution is -0.119. The summed E-state index contributed by atoms with van der Waals surface area (Å²) in [7, 11) is 0. The molecule has 2 nitrogen and oxygen atoms in total. The number of nitrogens with zero attached hydrogens (tertiary/aromatic N) is 2. The molecule has 0 bridgehead atoms. The second-order valence-corrected chi connectivity index (χ2v) is 3.77. The molecule has 0 aliphatic heterocycles. The lowest BCUT2D eigenvalue weighted by atomic mass is 10.2. The van der Waals surface area contributed by atoms with Gasteiger partial charge in [-0.1, -0.05) is 0 Å². The first-order valence-electron chi connectivity index (χ1n) is 4.72. The van der Waals surface area contributed by atoms with E-state index in [0.29, 0.717) is 11.3 Å². The summed E-state index contributed by atoms with van der Waals surface area (Å²) < 4.78 is 37.0. The molecule has 0 saturated heterocycles. The van der Waals surface area contributed by atoms with E-state index in [2.05, 4.69) is 4.98 Å². The summed E-state index contributed by atoms with van der Waals surface area (Å²) in [6, 6.07) is 1.56. The molecule has 16 heavy (non-hydrogen) atoms. The van der Waals surface area contributed by atoms with E-state index in [1.54, 1.807) is 13.0 Å². The van der Waals surface area contributed by atoms with Crippen LogP contribution in [-0.4, -0.2) is 30.1 Å². The Morgan fingerprint density at radius 2 is 2.12 bits per heavy atom. The van der Waals surface area contributed by atoms with Crippen LogP contribution in [0.2, 0.25) is 0 Å². The van der Waals surface area contributed by atoms with Crippen molar-refractivity contribution in [3.05, 3.63) is 24.0 Å². The number of halogens is 4. The normalized spacial score (nSPS) is 11.6. The van der Waals surface area contributed by atoms with Gasteiger partial charge < -0.3 is 4.90 Å². The van der Waals surface area contributed by atoms with E-state index in [9.17, 15) is 13.2 Å². The molecule has 0 aliphatic carbocycles. The van der Waals surface area contributed by atoms with E-state index in [1.807, 2.05) is 0 Å². The number of rotatable bonds is 4. The van der Waals surface area contributed by atoms with Crippen molar-refractivity contribution in [1.29, 1.82) is 0 Å². The highest BCUT2D eigenvalue weighted by Crippen LogP contribution is 2.24. The molecule has 0 unspecified atom stereocenters. The number of hydrogen-bond acceptors (Lipinski definition) is 2. The van der Waals surface area contributed by atoms with Crippen molar-refractivity contribution in [2.24, 2.45) is 0 Å². The predicted molar refractivity (Wildman–Crippen MR) is 58.0 cm³/mol. The minimum atomic E-state index is -4.23. The Labute approximate surface area is 97.0 Å². The van der Waals surface area contributed by atoms with E-state index in [-0.39, 0.29) is 12.4 Å². The fourth-order valence-corrected chi connectivity index (χ4v) is 1.63. The van der Waals surface area contributed by atoms with Crippen molar-refractivity contribution in [3.63, 3.8) is 0 Å². The quantitative estimate of drug-likeness (QED) is 0.766. The van der Waals surface area contributed by atoms with E-state index in [1.165, 1.54) is 17.3 Å². The van der Waals surface area contributed by atoms with Crippen molar-refractivity contribution in [3.8, 4) is 0 Å². The lowest BCUT2D eigenvalue weighted by Crippen LogP contribution is -2.36. The zero-order valence-corrected chi connectivity index (χ0v) is 9.52. The van der Waals surface area contributed by atoms with Crippen molar-refractivity contribution >= 4 is 17.3 Å². The van der Waals surface area contributed by atoms with Gasteiger partial charge in [-0.15, -0.1) is 11.6 Å². The number of alkyl halides is 4. The second-order valence-electron chi connectivity index (χ2n) is 3.39. The molecule has 0 aromatic carbocycles. The number of aryl methyl sites for hydroxylation is 1. The Kier molecular flexibility index (Phi) is 4.41. The van der Waals surface area contributed by atoms with E-state index in [4.69, 9.17) is 11.6 Å². The standard InChI is InChI=1S/C10H12ClF3N2/c1-8-6-15-4-2-9(8)16(5-3-11)7-10(12,13)14/h2,4,6H,3,5,7H2,1H3. The van der Waals surface area contributed by atoms with Gasteiger partial charge in [0.1, 0.15) is 6.54 Å². The minimum absolute atomic E-state index is 0.151. The summed E-state index contributed by atoms with van der Waals surface area (Å²) in [5.41, 5.74) is 1.23. The van der Waals surface area contributed by atoms with Crippen molar-refractivity contribution in [2.75, 3.05) is 23.9 Å². The molecule has 0 radical (unpaired) electrons. The maximum Gasteiger partial charge on any atom is 0.405 e. The van der Waals surface area contributed by atoms with E-state index >= 15 is 0 Å². The van der Waals surface area contributed by atoms with E-state index in [0.717, 1.165) is 0 Å². The van der Waals surface area contributed by atoms with Crippen molar-refractivity contribution < 1.29 is 13.2 Å². The molecule has 0 aliphatic rings. The van der Waals surface area contributed by atoms with E-state index < -0.39 is 12.7 Å². The smallest absolute Gasteiger partial charge is 0.361 e. The molecule has 1 heterocycles. The number of anilines is 1. The summed E-state index contributed by atoms with van der Waals surface area (Å²) in [6.45, 7) is 0.885. The van der Waals surface area contributed by atoms with Crippen molar-refractivity contribution in [1.82, 2.24) is 4.98 Å². The highest BCUT2D eigenvalue weighted by molar-refractivity contribution is 6.18. The Morgan fingerprint density at radius 3 is 2.62 bits per heavy atom. The molecule has 0 N–H and O–H groups in total. The molecule has 1 aromatic heterocycles. The highest BCUT2D eigenvalue weighted by Gasteiger charge is 2.31. The molecule has 90 valence electrons. The average Bonchev–Trinajstić information content (AvgIpc) is 2.16. The van der Waals surface area contributed by atoms with Crippen LogP contribution in [0.25, 0.3) is 0 Å². The van der Waals surface area contributed by atoms with Crippen LogP contribution < -0.4 is 4.90 Å². The van der Waals surface area contributed by atoms with Gasteiger partial charge in [-0.25, -0.2) is 0 Å². The summed E-state index contributed by atoms with van der Waals surface area (Å²) >= 11 is 5.50. The first-order valence-corrected chi connectivity index (χ1v) is 5.26. The fourth-order valence-electron chi connectivity index (χ4n) is 1.42. The summed E-state index contributed by atoms with van der Waals surface area (Å²) in [5, 5.41) is 0. The van der Waals surface area contributed by atoms with Gasteiger partial charge >= 0.3 is 6.18 Å². The van der Waals surface area contributed by atoms with Gasteiger partial charge in [0, 0.05) is 30.5 Å². The highest BCUT2D eigenvalue weighted by atomic mass is 35.5. The summed E-state index contributed by atoms with van der Waals surface area (Å²) in [5.74, 6) is 0.151. The largest absolute Gasteiger partial charge is 0.405 e. The zero-order chi connectivity index (χ0) is 12.2. The molecular weight excluding hydrogens is 241 g/mol. The zero-order valence-electron chi connectivity index (χ0n) is 8.76. The maximum absolute atomic E-state index is 12.3. The van der Waals surface area contributed by atoms with Crippen LogP contribution in [-0.2, 0) is 0 Å². The molecule has 0 amide bonds. The first-order chi connectivity index (χ1) is 7.44. The van der Waals surface area contributed by atoms with Crippen LogP contribution >= 0.6 is 11.6 Å². The predicted octanol–water partition coefficient (Wildman–Crippen LogP) is 3.00. The maximum atomic E-state index is 12.3. The first kappa shape index (κ1) is 13.1. The molecular formula is C10H12ClF3N2. The molecule has 1 aromatic rings. The molecule has 6 heteroatoms. The fraction of sp³-hybridized carbons (Fsp3) is 0.500. The van der Waals surface area contributed by atoms with Crippen LogP contribution in [0.4, 0.5) is 18.9 Å². The number of aromatic nitrogens is 1. The third-order valence-corrected chi connectivity index (χ3v) is 2.22. The molecule has 1 rings (SSSR count). The Hall–Kier alpha value is -0.970. The molecule has 0 fully saturated rings. The summed E-state index contributed by atoms with van der Waals surface area (Å²) in [6.07, 6.45) is -1.23. The minimum Gasteiger partial charge on any atom is -0.361 e. The van der Waals surface area contributed by atoms with Gasteiger partial charge in [0.15, 0.2) is 0 Å². The number of hydrogen-bond donors (Lipinski definition) is 0. The second kappa shape index (κ2) is 5.39. The van der Waals surface area contributed by atoms with Crippen LogP contribution in [0.1, 0.15) is 5.56 Å². The van der Waals surface area contributed by atoms with Crippen LogP contribution in [0, 0.1) is 6.92 Å². The third-order valence-electron chi connectivity index (χ3n) is 2.06. The van der Waals surface area contributed by atoms with Gasteiger partial charge in [-0.2, -0.15) is 13.2 Å². The third kappa shape index (κ3) is 3.89. The molecule has 0 saturated carbocycles. The van der Waals surface area contributed by atoms with Crippen LogP contribution in [0.3, 0.4) is 0 Å². The Morgan fingerprint density at radius 1 is 1.44 bits per heavy atom. The van der Waals surface area contributed by atoms with Crippen LogP contribution in [0.15, 0.2) is 18.5 Å². The summed E-state index contributed by atoms with van der Waals surface area (Å²) in [4.78, 5) is 5.06. The van der Waals surface area contributed by atoms with Crippen molar-refractivity contribution in [2.45, 2.75) is 13.1 Å². The lowest BCUT2D eigenvalue weighted by Gasteiger charge is -2.26. The Balaban J connectivity index is 2.89. The van der Waals surface area contributed by atoms with Crippen LogP contribution in [0.5, 0.6) is 0 Å². The monoisotopic (exact) mass is 252 g/mol. The number of pyridine rings is 1.